The highest BCUT2D eigenvalue weighted by Gasteiger charge is 2.26. The molecule has 0 aromatic heterocycles. The summed E-state index contributed by atoms with van der Waals surface area (Å²) in [6.07, 6.45) is 5.95. The number of amides is 1. The van der Waals surface area contributed by atoms with Gasteiger partial charge in [-0.1, -0.05) is 12.1 Å². The number of nitrogens with zero attached hydrogens (tertiary/aromatic N) is 1. The second-order valence-corrected chi connectivity index (χ2v) is 4.79. The highest BCUT2D eigenvalue weighted by atomic mass is 16.4. The summed E-state index contributed by atoms with van der Waals surface area (Å²) in [5.41, 5.74) is 1.41. The second-order valence-electron chi connectivity index (χ2n) is 4.79. The maximum atomic E-state index is 12.2. The van der Waals surface area contributed by atoms with Crippen molar-refractivity contribution in [2.24, 2.45) is 0 Å². The molecule has 0 atom stereocenters. The summed E-state index contributed by atoms with van der Waals surface area (Å²) < 4.78 is 0. The van der Waals surface area contributed by atoms with E-state index in [1.54, 1.807) is 29.2 Å². The van der Waals surface area contributed by atoms with Crippen LogP contribution in [0.2, 0.25) is 0 Å². The van der Waals surface area contributed by atoms with Gasteiger partial charge in [0.1, 0.15) is 0 Å². The molecule has 19 heavy (non-hydrogen) atoms. The number of hydrogen-bond donors (Lipinski definition) is 1. The monoisotopic (exact) mass is 259 g/mol. The molecule has 1 aromatic carbocycles. The summed E-state index contributed by atoms with van der Waals surface area (Å²) in [4.78, 5) is 24.4. The molecule has 0 radical (unpaired) electrons. The lowest BCUT2D eigenvalue weighted by Gasteiger charge is -2.34. The summed E-state index contributed by atoms with van der Waals surface area (Å²) in [7, 11) is 1.84. The fourth-order valence-electron chi connectivity index (χ4n) is 2.05. The fraction of sp³-hybridized carbons (Fsp3) is 0.333. The van der Waals surface area contributed by atoms with Crippen LogP contribution in [0, 0.1) is 0 Å². The van der Waals surface area contributed by atoms with E-state index in [9.17, 15) is 9.59 Å². The van der Waals surface area contributed by atoms with E-state index in [1.165, 1.54) is 12.5 Å². The van der Waals surface area contributed by atoms with E-state index in [4.69, 9.17) is 5.11 Å². The first-order valence-corrected chi connectivity index (χ1v) is 6.36. The first-order valence-electron chi connectivity index (χ1n) is 6.36. The Hall–Kier alpha value is -2.10. The predicted octanol–water partition coefficient (Wildman–Crippen LogP) is 2.41. The minimum atomic E-state index is -0.982. The van der Waals surface area contributed by atoms with Gasteiger partial charge in [0, 0.05) is 24.7 Å². The Kier molecular flexibility index (Phi) is 4.00. The maximum Gasteiger partial charge on any atom is 0.328 e. The molecule has 0 bridgehead atoms. The van der Waals surface area contributed by atoms with Gasteiger partial charge in [-0.15, -0.1) is 0 Å². The SMILES string of the molecule is CN(C(=O)c1ccc(/C=C/C(=O)O)cc1)C1CCC1. The van der Waals surface area contributed by atoms with Crippen LogP contribution in [-0.4, -0.2) is 35.0 Å². The molecular weight excluding hydrogens is 242 g/mol. The van der Waals surface area contributed by atoms with E-state index >= 15 is 0 Å². The minimum Gasteiger partial charge on any atom is -0.478 e. The highest BCUT2D eigenvalue weighted by Crippen LogP contribution is 2.24. The van der Waals surface area contributed by atoms with Crippen molar-refractivity contribution in [1.29, 1.82) is 0 Å². The van der Waals surface area contributed by atoms with E-state index in [2.05, 4.69) is 0 Å². The number of carbonyl (C=O) groups excluding carboxylic acids is 1. The van der Waals surface area contributed by atoms with Crippen LogP contribution in [0.5, 0.6) is 0 Å². The molecule has 1 N–H and O–H groups in total. The molecule has 4 heteroatoms. The van der Waals surface area contributed by atoms with Gasteiger partial charge in [0.2, 0.25) is 0 Å². The van der Waals surface area contributed by atoms with Crippen molar-refractivity contribution in [3.05, 3.63) is 41.5 Å². The second kappa shape index (κ2) is 5.69. The third kappa shape index (κ3) is 3.22. The Labute approximate surface area is 112 Å². The number of carboxylic acids is 1. The van der Waals surface area contributed by atoms with Crippen LogP contribution in [0.3, 0.4) is 0 Å². The van der Waals surface area contributed by atoms with Crippen LogP contribution < -0.4 is 0 Å². The summed E-state index contributed by atoms with van der Waals surface area (Å²) in [6.45, 7) is 0. The summed E-state index contributed by atoms with van der Waals surface area (Å²) in [5, 5.41) is 8.54. The van der Waals surface area contributed by atoms with Crippen molar-refractivity contribution in [1.82, 2.24) is 4.90 Å². The molecule has 4 nitrogen and oxygen atoms in total. The van der Waals surface area contributed by atoms with E-state index in [-0.39, 0.29) is 5.91 Å². The van der Waals surface area contributed by atoms with Crippen LogP contribution in [0.4, 0.5) is 0 Å². The van der Waals surface area contributed by atoms with Crippen LogP contribution in [-0.2, 0) is 4.79 Å². The topological polar surface area (TPSA) is 57.6 Å². The number of carboxylic acid groups (broad SMARTS) is 1. The van der Waals surface area contributed by atoms with Crippen LogP contribution >= 0.6 is 0 Å². The average molecular weight is 259 g/mol. The molecular formula is C15H17NO3. The van der Waals surface area contributed by atoms with Crippen LogP contribution in [0.25, 0.3) is 6.08 Å². The van der Waals surface area contributed by atoms with Crippen molar-refractivity contribution in [2.75, 3.05) is 7.05 Å². The molecule has 0 saturated heterocycles. The molecule has 1 aliphatic rings. The zero-order valence-electron chi connectivity index (χ0n) is 10.9. The molecule has 0 spiro atoms. The lowest BCUT2D eigenvalue weighted by Crippen LogP contribution is -2.41. The highest BCUT2D eigenvalue weighted by molar-refractivity contribution is 5.94. The Morgan fingerprint density at radius 2 is 1.89 bits per heavy atom. The molecule has 2 rings (SSSR count). The Bertz CT molecular complexity index is 501. The quantitative estimate of drug-likeness (QED) is 0.845. The molecule has 1 aliphatic carbocycles. The molecule has 1 aromatic rings. The first kappa shape index (κ1) is 13.3. The normalized spacial score (nSPS) is 15.2. The largest absolute Gasteiger partial charge is 0.478 e. The molecule has 0 heterocycles. The molecule has 1 amide bonds. The van der Waals surface area contributed by atoms with Gasteiger partial charge >= 0.3 is 5.97 Å². The van der Waals surface area contributed by atoms with Gasteiger partial charge in [0.15, 0.2) is 0 Å². The molecule has 0 unspecified atom stereocenters. The summed E-state index contributed by atoms with van der Waals surface area (Å²) in [5.74, 6) is -0.955. The van der Waals surface area contributed by atoms with Crippen LogP contribution in [0.15, 0.2) is 30.3 Å². The minimum absolute atomic E-state index is 0.0264. The molecule has 1 saturated carbocycles. The van der Waals surface area contributed by atoms with Gasteiger partial charge in [-0.05, 0) is 43.0 Å². The van der Waals surface area contributed by atoms with Crippen LogP contribution in [0.1, 0.15) is 35.2 Å². The third-order valence-corrected chi connectivity index (χ3v) is 3.52. The Morgan fingerprint density at radius 3 is 2.37 bits per heavy atom. The fourth-order valence-corrected chi connectivity index (χ4v) is 2.05. The van der Waals surface area contributed by atoms with Crippen molar-refractivity contribution in [3.8, 4) is 0 Å². The maximum absolute atomic E-state index is 12.2. The summed E-state index contributed by atoms with van der Waals surface area (Å²) >= 11 is 0. The molecule has 100 valence electrons. The summed E-state index contributed by atoms with van der Waals surface area (Å²) in [6, 6.07) is 7.35. The molecule has 1 fully saturated rings. The predicted molar refractivity (Wildman–Crippen MR) is 72.8 cm³/mol. The zero-order valence-corrected chi connectivity index (χ0v) is 10.9. The van der Waals surface area contributed by atoms with Gasteiger partial charge in [0.05, 0.1) is 0 Å². The van der Waals surface area contributed by atoms with E-state index in [0.717, 1.165) is 24.5 Å². The van der Waals surface area contributed by atoms with E-state index in [1.807, 2.05) is 7.05 Å². The number of aliphatic carboxylic acids is 1. The van der Waals surface area contributed by atoms with E-state index < -0.39 is 5.97 Å². The molecule has 0 aliphatic heterocycles. The van der Waals surface area contributed by atoms with Crippen molar-refractivity contribution in [2.45, 2.75) is 25.3 Å². The smallest absolute Gasteiger partial charge is 0.328 e. The van der Waals surface area contributed by atoms with Gasteiger partial charge in [-0.2, -0.15) is 0 Å². The number of rotatable bonds is 4. The van der Waals surface area contributed by atoms with Crippen molar-refractivity contribution < 1.29 is 14.7 Å². The van der Waals surface area contributed by atoms with E-state index in [0.29, 0.717) is 11.6 Å². The lowest BCUT2D eigenvalue weighted by molar-refractivity contribution is -0.131. The number of benzene rings is 1. The first-order chi connectivity index (χ1) is 9.08. The average Bonchev–Trinajstić information content (AvgIpc) is 2.34. The number of hydrogen-bond acceptors (Lipinski definition) is 2. The van der Waals surface area contributed by atoms with Gasteiger partial charge < -0.3 is 10.0 Å². The standard InChI is InChI=1S/C15H17NO3/c1-16(13-3-2-4-13)15(19)12-8-5-11(6-9-12)7-10-14(17)18/h5-10,13H,2-4H2,1H3,(H,17,18)/b10-7+. The Balaban J connectivity index is 2.05. The Morgan fingerprint density at radius 1 is 1.26 bits per heavy atom. The van der Waals surface area contributed by atoms with Crippen molar-refractivity contribution in [3.63, 3.8) is 0 Å². The number of carbonyl (C=O) groups is 2. The van der Waals surface area contributed by atoms with Crippen molar-refractivity contribution >= 4 is 18.0 Å². The van der Waals surface area contributed by atoms with Gasteiger partial charge in [-0.3, -0.25) is 4.79 Å². The lowest BCUT2D eigenvalue weighted by atomic mass is 9.91. The van der Waals surface area contributed by atoms with Gasteiger partial charge in [-0.25, -0.2) is 4.79 Å². The third-order valence-electron chi connectivity index (χ3n) is 3.52. The zero-order chi connectivity index (χ0) is 13.8. The van der Waals surface area contributed by atoms with Gasteiger partial charge in [0.25, 0.3) is 5.91 Å².